The quantitative estimate of drug-likeness (QED) is 0.748. The van der Waals surface area contributed by atoms with Gasteiger partial charge in [-0.2, -0.15) is 0 Å². The molecule has 1 aliphatic rings. The molecule has 1 atom stereocenters. The molecule has 3 rings (SSSR count). The van der Waals surface area contributed by atoms with E-state index in [0.29, 0.717) is 18.5 Å². The number of carbonyl (C=O) groups excluding carboxylic acids is 1. The number of ether oxygens (including phenoxy) is 1. The predicted molar refractivity (Wildman–Crippen MR) is 104 cm³/mol. The van der Waals surface area contributed by atoms with Gasteiger partial charge in [0.1, 0.15) is 5.75 Å². The van der Waals surface area contributed by atoms with Crippen molar-refractivity contribution in [1.82, 2.24) is 10.3 Å². The molecule has 144 valence electrons. The Morgan fingerprint density at radius 1 is 1.26 bits per heavy atom. The van der Waals surface area contributed by atoms with Crippen LogP contribution in [-0.4, -0.2) is 50.5 Å². The average molecular weight is 389 g/mol. The lowest BCUT2D eigenvalue weighted by molar-refractivity contribution is 0.0941. The Hall–Kier alpha value is -2.61. The van der Waals surface area contributed by atoms with Crippen LogP contribution in [0.2, 0.25) is 0 Å². The number of amides is 1. The Morgan fingerprint density at radius 3 is 2.70 bits per heavy atom. The predicted octanol–water partition coefficient (Wildman–Crippen LogP) is 1.66. The number of anilines is 1. The normalized spacial score (nSPS) is 18.0. The number of benzene rings is 1. The van der Waals surface area contributed by atoms with Crippen molar-refractivity contribution in [3.8, 4) is 5.75 Å². The maximum Gasteiger partial charge on any atom is 0.253 e. The van der Waals surface area contributed by atoms with Crippen LogP contribution in [0.25, 0.3) is 0 Å². The van der Waals surface area contributed by atoms with Gasteiger partial charge in [0.05, 0.1) is 29.9 Å². The molecule has 1 amide bonds. The van der Waals surface area contributed by atoms with Crippen molar-refractivity contribution in [2.45, 2.75) is 18.9 Å². The van der Waals surface area contributed by atoms with Gasteiger partial charge in [-0.25, -0.2) is 8.42 Å². The lowest BCUT2D eigenvalue weighted by Gasteiger charge is -2.12. The standard InChI is InChI=1S/C19H23N3O4S/c1-26-18-4-2-14(3-5-18)6-8-21-17-10-15(11-20-12-17)19(23)22-16-7-9-27(24,25)13-16/h2-5,10-12,16,21H,6-9,13H2,1H3,(H,22,23). The second-order valence-electron chi connectivity index (χ2n) is 6.56. The van der Waals surface area contributed by atoms with Crippen molar-refractivity contribution in [3.05, 3.63) is 53.9 Å². The fraction of sp³-hybridized carbons (Fsp3) is 0.368. The third kappa shape index (κ3) is 5.43. The number of carbonyl (C=O) groups is 1. The van der Waals surface area contributed by atoms with E-state index in [1.807, 2.05) is 24.3 Å². The molecule has 27 heavy (non-hydrogen) atoms. The van der Waals surface area contributed by atoms with Gasteiger partial charge in [-0.15, -0.1) is 0 Å². The van der Waals surface area contributed by atoms with Gasteiger partial charge in [-0.05, 0) is 36.6 Å². The Labute approximate surface area is 159 Å². The summed E-state index contributed by atoms with van der Waals surface area (Å²) < 4.78 is 28.1. The van der Waals surface area contributed by atoms with Crippen LogP contribution < -0.4 is 15.4 Å². The highest BCUT2D eigenvalue weighted by atomic mass is 32.2. The van der Waals surface area contributed by atoms with Gasteiger partial charge in [0.25, 0.3) is 5.91 Å². The SMILES string of the molecule is COc1ccc(CCNc2cncc(C(=O)NC3CCS(=O)(=O)C3)c2)cc1. The van der Waals surface area contributed by atoms with Gasteiger partial charge in [0.15, 0.2) is 9.84 Å². The minimum Gasteiger partial charge on any atom is -0.497 e. The molecule has 0 saturated carbocycles. The maximum absolute atomic E-state index is 12.3. The highest BCUT2D eigenvalue weighted by molar-refractivity contribution is 7.91. The molecule has 0 aliphatic carbocycles. The van der Waals surface area contributed by atoms with Crippen molar-refractivity contribution in [1.29, 1.82) is 0 Å². The molecular formula is C19H23N3O4S. The van der Waals surface area contributed by atoms with Crippen molar-refractivity contribution >= 4 is 21.4 Å². The summed E-state index contributed by atoms with van der Waals surface area (Å²) >= 11 is 0. The topological polar surface area (TPSA) is 97.4 Å². The van der Waals surface area contributed by atoms with Gasteiger partial charge >= 0.3 is 0 Å². The van der Waals surface area contributed by atoms with Gasteiger partial charge < -0.3 is 15.4 Å². The average Bonchev–Trinajstić information content (AvgIpc) is 3.01. The zero-order valence-corrected chi connectivity index (χ0v) is 16.0. The minimum atomic E-state index is -3.02. The van der Waals surface area contributed by atoms with Crippen LogP contribution in [0.3, 0.4) is 0 Å². The van der Waals surface area contributed by atoms with Gasteiger partial charge in [0, 0.05) is 25.0 Å². The van der Waals surface area contributed by atoms with Gasteiger partial charge in [0.2, 0.25) is 0 Å². The molecule has 0 bridgehead atoms. The highest BCUT2D eigenvalue weighted by Crippen LogP contribution is 2.14. The smallest absolute Gasteiger partial charge is 0.253 e. The van der Waals surface area contributed by atoms with Crippen molar-refractivity contribution < 1.29 is 17.9 Å². The zero-order valence-electron chi connectivity index (χ0n) is 15.1. The Morgan fingerprint density at radius 2 is 2.04 bits per heavy atom. The van der Waals surface area contributed by atoms with E-state index in [9.17, 15) is 13.2 Å². The lowest BCUT2D eigenvalue weighted by Crippen LogP contribution is -2.35. The highest BCUT2D eigenvalue weighted by Gasteiger charge is 2.29. The van der Waals surface area contributed by atoms with E-state index in [2.05, 4.69) is 15.6 Å². The molecule has 1 unspecified atom stereocenters. The second kappa shape index (κ2) is 8.39. The molecule has 2 heterocycles. The fourth-order valence-electron chi connectivity index (χ4n) is 2.98. The van der Waals surface area contributed by atoms with E-state index in [4.69, 9.17) is 4.74 Å². The Balaban J connectivity index is 1.52. The van der Waals surface area contributed by atoms with E-state index in [-0.39, 0.29) is 23.5 Å². The molecule has 1 saturated heterocycles. The monoisotopic (exact) mass is 389 g/mol. The van der Waals surface area contributed by atoms with Crippen molar-refractivity contribution in [2.75, 3.05) is 30.5 Å². The number of nitrogens with zero attached hydrogens (tertiary/aromatic N) is 1. The van der Waals surface area contributed by atoms with Crippen molar-refractivity contribution in [3.63, 3.8) is 0 Å². The molecule has 0 radical (unpaired) electrons. The van der Waals surface area contributed by atoms with E-state index in [1.54, 1.807) is 19.4 Å². The van der Waals surface area contributed by atoms with Crippen LogP contribution in [0.1, 0.15) is 22.3 Å². The molecule has 7 nitrogen and oxygen atoms in total. The molecular weight excluding hydrogens is 366 g/mol. The number of pyridine rings is 1. The van der Waals surface area contributed by atoms with E-state index in [1.165, 1.54) is 11.8 Å². The minimum absolute atomic E-state index is 0.00592. The second-order valence-corrected chi connectivity index (χ2v) is 8.79. The first-order valence-electron chi connectivity index (χ1n) is 8.78. The summed E-state index contributed by atoms with van der Waals surface area (Å²) in [5, 5.41) is 6.03. The number of hydrogen-bond acceptors (Lipinski definition) is 6. The van der Waals surface area contributed by atoms with Crippen LogP contribution in [0.5, 0.6) is 5.75 Å². The lowest BCUT2D eigenvalue weighted by atomic mass is 10.1. The Kier molecular flexibility index (Phi) is 5.95. The number of hydrogen-bond donors (Lipinski definition) is 2. The molecule has 8 heteroatoms. The summed E-state index contributed by atoms with van der Waals surface area (Å²) in [7, 11) is -1.39. The van der Waals surface area contributed by atoms with E-state index >= 15 is 0 Å². The number of rotatable bonds is 7. The molecule has 0 spiro atoms. The molecule has 1 aromatic carbocycles. The van der Waals surface area contributed by atoms with Crippen molar-refractivity contribution in [2.24, 2.45) is 0 Å². The van der Waals surface area contributed by atoms with Crippen LogP contribution in [-0.2, 0) is 16.3 Å². The summed E-state index contributed by atoms with van der Waals surface area (Å²) in [5.74, 6) is 0.655. The zero-order chi connectivity index (χ0) is 19.3. The van der Waals surface area contributed by atoms with E-state index < -0.39 is 9.84 Å². The number of methoxy groups -OCH3 is 1. The van der Waals surface area contributed by atoms with Gasteiger partial charge in [-0.1, -0.05) is 12.1 Å². The Bertz CT molecular complexity index is 897. The summed E-state index contributed by atoms with van der Waals surface area (Å²) in [6.07, 6.45) is 4.42. The number of sulfone groups is 1. The summed E-state index contributed by atoms with van der Waals surface area (Å²) in [5.41, 5.74) is 2.33. The largest absolute Gasteiger partial charge is 0.497 e. The first-order valence-corrected chi connectivity index (χ1v) is 10.6. The maximum atomic E-state index is 12.3. The third-order valence-electron chi connectivity index (χ3n) is 4.47. The first kappa shape index (κ1) is 19.2. The first-order chi connectivity index (χ1) is 12.9. The molecule has 2 N–H and O–H groups in total. The molecule has 1 aromatic heterocycles. The third-order valence-corrected chi connectivity index (χ3v) is 6.24. The van der Waals surface area contributed by atoms with Gasteiger partial charge in [-0.3, -0.25) is 9.78 Å². The van der Waals surface area contributed by atoms with Crippen LogP contribution in [0, 0.1) is 0 Å². The summed E-state index contributed by atoms with van der Waals surface area (Å²) in [6.45, 7) is 0.694. The summed E-state index contributed by atoms with van der Waals surface area (Å²) in [6, 6.07) is 9.26. The van der Waals surface area contributed by atoms with Crippen LogP contribution >= 0.6 is 0 Å². The molecule has 2 aromatic rings. The molecule has 1 fully saturated rings. The summed E-state index contributed by atoms with van der Waals surface area (Å²) in [4.78, 5) is 16.4. The van der Waals surface area contributed by atoms with Crippen LogP contribution in [0.15, 0.2) is 42.7 Å². The van der Waals surface area contributed by atoms with Crippen LogP contribution in [0.4, 0.5) is 5.69 Å². The number of nitrogens with one attached hydrogen (secondary N) is 2. The number of aromatic nitrogens is 1. The van der Waals surface area contributed by atoms with E-state index in [0.717, 1.165) is 17.9 Å². The molecule has 1 aliphatic heterocycles. The fourth-order valence-corrected chi connectivity index (χ4v) is 4.66.